The number of aryl methyl sites for hydroxylation is 1. The molecule has 5 aromatic rings. The maximum atomic E-state index is 13.4. The lowest BCUT2D eigenvalue weighted by molar-refractivity contribution is 0.0940. The Bertz CT molecular complexity index is 1510. The average molecular weight is 479 g/mol. The van der Waals surface area contributed by atoms with E-state index in [0.29, 0.717) is 11.3 Å². The van der Waals surface area contributed by atoms with E-state index in [1.807, 2.05) is 62.4 Å². The molecule has 0 aliphatic carbocycles. The Kier molecular flexibility index (Phi) is 6.58. The lowest BCUT2D eigenvalue weighted by Crippen LogP contribution is -2.33. The number of para-hydroxylation sites is 1. The second-order valence-electron chi connectivity index (χ2n) is 9.00. The minimum atomic E-state index is -0.298. The van der Waals surface area contributed by atoms with Gasteiger partial charge in [0.25, 0.3) is 5.91 Å². The van der Waals surface area contributed by atoms with E-state index in [9.17, 15) is 9.18 Å². The molecule has 6 heteroatoms. The summed E-state index contributed by atoms with van der Waals surface area (Å²) in [5.41, 5.74) is 5.67. The van der Waals surface area contributed by atoms with Gasteiger partial charge in [-0.05, 0) is 68.7 Å². The predicted octanol–water partition coefficient (Wildman–Crippen LogP) is 6.29. The summed E-state index contributed by atoms with van der Waals surface area (Å²) in [4.78, 5) is 18.2. The third-order valence-corrected chi connectivity index (χ3v) is 6.40. The first-order chi connectivity index (χ1) is 17.5. The van der Waals surface area contributed by atoms with E-state index in [0.717, 1.165) is 40.7 Å². The van der Waals surface area contributed by atoms with Crippen molar-refractivity contribution in [3.05, 3.63) is 114 Å². The predicted molar refractivity (Wildman–Crippen MR) is 141 cm³/mol. The Morgan fingerprint density at radius 2 is 1.72 bits per heavy atom. The second-order valence-corrected chi connectivity index (χ2v) is 9.00. The molecule has 0 saturated carbocycles. The highest BCUT2D eigenvalue weighted by atomic mass is 19.1. The number of nitrogens with zero attached hydrogens (tertiary/aromatic N) is 3. The van der Waals surface area contributed by atoms with E-state index in [1.54, 1.807) is 23.0 Å². The van der Waals surface area contributed by atoms with E-state index in [-0.39, 0.29) is 17.8 Å². The third-order valence-electron chi connectivity index (χ3n) is 6.40. The van der Waals surface area contributed by atoms with Gasteiger partial charge in [0.1, 0.15) is 5.82 Å². The molecular formula is C30H27FN4O. The number of carbonyl (C=O) groups is 1. The molecule has 1 amide bonds. The van der Waals surface area contributed by atoms with Crippen LogP contribution < -0.4 is 5.32 Å². The van der Waals surface area contributed by atoms with E-state index in [2.05, 4.69) is 22.5 Å². The summed E-state index contributed by atoms with van der Waals surface area (Å²) in [6.07, 6.45) is 3.47. The maximum absolute atomic E-state index is 13.4. The molecule has 180 valence electrons. The molecule has 0 unspecified atom stereocenters. The summed E-state index contributed by atoms with van der Waals surface area (Å²) in [6.45, 7) is 3.97. The number of halogens is 1. The molecule has 0 bridgehead atoms. The number of pyridine rings is 1. The lowest BCUT2D eigenvalue weighted by Gasteiger charge is -2.16. The number of carbonyl (C=O) groups excluding carboxylic acids is 1. The molecule has 3 aromatic carbocycles. The summed E-state index contributed by atoms with van der Waals surface area (Å²) in [5.74, 6) is -0.423. The highest BCUT2D eigenvalue weighted by Gasteiger charge is 2.18. The van der Waals surface area contributed by atoms with Gasteiger partial charge in [-0.2, -0.15) is 5.10 Å². The van der Waals surface area contributed by atoms with Gasteiger partial charge in [-0.1, -0.05) is 48.5 Å². The van der Waals surface area contributed by atoms with Gasteiger partial charge >= 0.3 is 0 Å². The van der Waals surface area contributed by atoms with Gasteiger partial charge in [-0.3, -0.25) is 4.79 Å². The average Bonchev–Trinajstić information content (AvgIpc) is 3.29. The van der Waals surface area contributed by atoms with Crippen LogP contribution in [0.3, 0.4) is 0 Å². The number of benzene rings is 3. The number of fused-ring (bicyclic) bond motifs is 1. The molecule has 5 rings (SSSR count). The van der Waals surface area contributed by atoms with Crippen LogP contribution in [0.1, 0.15) is 35.0 Å². The standard InChI is InChI=1S/C30H27FN4O/c1-20(12-13-22-8-4-3-5-9-22)33-30(36)26-18-29(34-28-11-7-6-10-25(26)28)27-19-32-35(21(27)2)24-16-14-23(31)15-17-24/h3-11,14-20H,12-13H2,1-2H3,(H,33,36)/t20-/m1/s1. The number of aromatic nitrogens is 3. The van der Waals surface area contributed by atoms with Crippen molar-refractivity contribution in [1.82, 2.24) is 20.1 Å². The Hall–Kier alpha value is -4.32. The van der Waals surface area contributed by atoms with Crippen molar-refractivity contribution in [2.24, 2.45) is 0 Å². The fourth-order valence-corrected chi connectivity index (χ4v) is 4.41. The Balaban J connectivity index is 1.44. The van der Waals surface area contributed by atoms with Crippen LogP contribution in [0.15, 0.2) is 91.1 Å². The van der Waals surface area contributed by atoms with Crippen molar-refractivity contribution >= 4 is 16.8 Å². The van der Waals surface area contributed by atoms with Crippen LogP contribution in [0.25, 0.3) is 27.8 Å². The van der Waals surface area contributed by atoms with Crippen molar-refractivity contribution in [2.75, 3.05) is 0 Å². The monoisotopic (exact) mass is 478 g/mol. The zero-order valence-electron chi connectivity index (χ0n) is 20.3. The van der Waals surface area contributed by atoms with Crippen LogP contribution in [0.2, 0.25) is 0 Å². The first kappa shape index (κ1) is 23.4. The number of rotatable bonds is 7. The van der Waals surface area contributed by atoms with Gasteiger partial charge in [0.2, 0.25) is 0 Å². The topological polar surface area (TPSA) is 59.8 Å². The SMILES string of the molecule is Cc1c(-c2cc(C(=O)N[C@H](C)CCc3ccccc3)c3ccccc3n2)cnn1-c1ccc(F)cc1. The molecular weight excluding hydrogens is 451 g/mol. The molecule has 0 spiro atoms. The van der Waals surface area contributed by atoms with Crippen LogP contribution in [-0.4, -0.2) is 26.7 Å². The largest absolute Gasteiger partial charge is 0.350 e. The smallest absolute Gasteiger partial charge is 0.252 e. The van der Waals surface area contributed by atoms with Gasteiger partial charge < -0.3 is 5.32 Å². The zero-order chi connectivity index (χ0) is 25.1. The Morgan fingerprint density at radius 3 is 2.50 bits per heavy atom. The van der Waals surface area contributed by atoms with E-state index >= 15 is 0 Å². The molecule has 0 radical (unpaired) electrons. The summed E-state index contributed by atoms with van der Waals surface area (Å²) in [7, 11) is 0. The van der Waals surface area contributed by atoms with Crippen molar-refractivity contribution in [3.8, 4) is 16.9 Å². The molecule has 1 atom stereocenters. The molecule has 0 aliphatic heterocycles. The van der Waals surface area contributed by atoms with Gasteiger partial charge in [0.15, 0.2) is 0 Å². The van der Waals surface area contributed by atoms with Crippen molar-refractivity contribution in [1.29, 1.82) is 0 Å². The fourth-order valence-electron chi connectivity index (χ4n) is 4.41. The number of amides is 1. The molecule has 0 aliphatic rings. The van der Waals surface area contributed by atoms with Crippen LogP contribution in [0.5, 0.6) is 0 Å². The molecule has 36 heavy (non-hydrogen) atoms. The van der Waals surface area contributed by atoms with Crippen molar-refractivity contribution in [3.63, 3.8) is 0 Å². The molecule has 2 aromatic heterocycles. The number of hydrogen-bond acceptors (Lipinski definition) is 3. The van der Waals surface area contributed by atoms with E-state index in [4.69, 9.17) is 4.98 Å². The summed E-state index contributed by atoms with van der Waals surface area (Å²) >= 11 is 0. The number of hydrogen-bond donors (Lipinski definition) is 1. The quantitative estimate of drug-likeness (QED) is 0.299. The van der Waals surface area contributed by atoms with Gasteiger partial charge in [-0.25, -0.2) is 14.1 Å². The third kappa shape index (κ3) is 4.89. The number of nitrogens with one attached hydrogen (secondary N) is 1. The minimum absolute atomic E-state index is 0.0102. The molecule has 1 N–H and O–H groups in total. The zero-order valence-corrected chi connectivity index (χ0v) is 20.3. The van der Waals surface area contributed by atoms with E-state index < -0.39 is 0 Å². The van der Waals surface area contributed by atoms with Gasteiger partial charge in [-0.15, -0.1) is 0 Å². The molecule has 2 heterocycles. The Labute approximate surface area is 209 Å². The molecule has 0 saturated heterocycles. The molecule has 5 nitrogen and oxygen atoms in total. The first-order valence-electron chi connectivity index (χ1n) is 12.0. The normalized spacial score (nSPS) is 12.0. The van der Waals surface area contributed by atoms with E-state index in [1.165, 1.54) is 17.7 Å². The summed E-state index contributed by atoms with van der Waals surface area (Å²) in [6, 6.07) is 26.0. The van der Waals surface area contributed by atoms with Crippen LogP contribution in [-0.2, 0) is 6.42 Å². The second kappa shape index (κ2) is 10.1. The summed E-state index contributed by atoms with van der Waals surface area (Å²) in [5, 5.41) is 8.47. The van der Waals surface area contributed by atoms with Gasteiger partial charge in [0.05, 0.1) is 34.4 Å². The van der Waals surface area contributed by atoms with Crippen LogP contribution in [0, 0.1) is 12.7 Å². The van der Waals surface area contributed by atoms with Crippen molar-refractivity contribution < 1.29 is 9.18 Å². The maximum Gasteiger partial charge on any atom is 0.252 e. The van der Waals surface area contributed by atoms with Gasteiger partial charge in [0, 0.05) is 17.0 Å². The first-order valence-corrected chi connectivity index (χ1v) is 12.0. The van der Waals surface area contributed by atoms with Crippen LogP contribution in [0.4, 0.5) is 4.39 Å². The lowest BCUT2D eigenvalue weighted by atomic mass is 10.0. The Morgan fingerprint density at radius 1 is 1.00 bits per heavy atom. The van der Waals surface area contributed by atoms with Crippen molar-refractivity contribution in [2.45, 2.75) is 32.7 Å². The minimum Gasteiger partial charge on any atom is -0.350 e. The summed E-state index contributed by atoms with van der Waals surface area (Å²) < 4.78 is 15.1. The highest BCUT2D eigenvalue weighted by molar-refractivity contribution is 6.07. The molecule has 0 fully saturated rings. The fraction of sp³-hybridized carbons (Fsp3) is 0.167. The van der Waals surface area contributed by atoms with Crippen LogP contribution >= 0.6 is 0 Å². The highest BCUT2D eigenvalue weighted by Crippen LogP contribution is 2.28.